The lowest BCUT2D eigenvalue weighted by molar-refractivity contribution is -0.143. The maximum Gasteiger partial charge on any atom is 0.313 e. The van der Waals surface area contributed by atoms with Crippen molar-refractivity contribution in [1.82, 2.24) is 4.98 Å². The number of nitrogens with zero attached hydrogens (tertiary/aromatic N) is 1. The van der Waals surface area contributed by atoms with Gasteiger partial charge in [-0.3, -0.25) is 15.0 Å². The van der Waals surface area contributed by atoms with Gasteiger partial charge in [-0.2, -0.15) is 0 Å². The summed E-state index contributed by atoms with van der Waals surface area (Å²) in [6.07, 6.45) is 3.20. The lowest BCUT2D eigenvalue weighted by atomic mass is 10.1. The number of aryl methyl sites for hydroxylation is 2. The number of benzene rings is 1. The number of amidine groups is 1. The van der Waals surface area contributed by atoms with Crippen LogP contribution < -0.4 is 11.1 Å². The first kappa shape index (κ1) is 18.6. The molecule has 0 unspecified atom stereocenters. The Balaban J connectivity index is 1.86. The van der Waals surface area contributed by atoms with Gasteiger partial charge in [-0.25, -0.2) is 4.98 Å². The zero-order chi connectivity index (χ0) is 18.2. The second kappa shape index (κ2) is 8.93. The molecule has 0 aliphatic heterocycles. The second-order valence-corrected chi connectivity index (χ2v) is 6.61. The Morgan fingerprint density at radius 2 is 2.08 bits per heavy atom. The molecule has 1 heterocycles. The highest BCUT2D eigenvalue weighted by atomic mass is 32.1. The number of hydrogen-bond donors (Lipinski definition) is 3. The molecule has 1 amide bonds. The van der Waals surface area contributed by atoms with Crippen molar-refractivity contribution in [2.24, 2.45) is 5.73 Å². The van der Waals surface area contributed by atoms with E-state index in [0.717, 1.165) is 28.8 Å². The number of rotatable bonds is 8. The number of esters is 1. The smallest absolute Gasteiger partial charge is 0.313 e. The lowest BCUT2D eigenvalue weighted by Gasteiger charge is -2.06. The second-order valence-electron chi connectivity index (χ2n) is 5.50. The predicted octanol–water partition coefficient (Wildman–Crippen LogP) is 2.26. The molecule has 0 saturated carbocycles. The van der Waals surface area contributed by atoms with Crippen LogP contribution in [0.25, 0.3) is 0 Å². The van der Waals surface area contributed by atoms with E-state index in [9.17, 15) is 9.59 Å². The quantitative estimate of drug-likeness (QED) is 0.379. The fraction of sp³-hybridized carbons (Fsp3) is 0.294. The average Bonchev–Trinajstić information content (AvgIpc) is 2.97. The van der Waals surface area contributed by atoms with Gasteiger partial charge in [-0.15, -0.1) is 11.3 Å². The maximum absolute atomic E-state index is 11.4. The van der Waals surface area contributed by atoms with Gasteiger partial charge in [0, 0.05) is 18.0 Å². The molecule has 7 nitrogen and oxygen atoms in total. The third-order valence-electron chi connectivity index (χ3n) is 3.22. The zero-order valence-corrected chi connectivity index (χ0v) is 14.7. The molecule has 0 aliphatic rings. The van der Waals surface area contributed by atoms with Crippen LogP contribution in [0.1, 0.15) is 29.3 Å². The lowest BCUT2D eigenvalue weighted by Crippen LogP contribution is -2.17. The first-order valence-corrected chi connectivity index (χ1v) is 8.52. The van der Waals surface area contributed by atoms with Crippen LogP contribution in [-0.2, 0) is 33.8 Å². The Kier molecular flexibility index (Phi) is 6.64. The van der Waals surface area contributed by atoms with Crippen molar-refractivity contribution in [2.45, 2.75) is 32.8 Å². The summed E-state index contributed by atoms with van der Waals surface area (Å²) in [7, 11) is 0. The van der Waals surface area contributed by atoms with Gasteiger partial charge in [-0.1, -0.05) is 24.3 Å². The maximum atomic E-state index is 11.4. The van der Waals surface area contributed by atoms with Crippen molar-refractivity contribution in [3.63, 3.8) is 0 Å². The van der Waals surface area contributed by atoms with Crippen LogP contribution in [0.15, 0.2) is 30.5 Å². The zero-order valence-electron chi connectivity index (χ0n) is 13.9. The molecule has 0 radical (unpaired) electrons. The molecule has 1 aromatic heterocycles. The molecule has 0 saturated heterocycles. The molecule has 0 fully saturated rings. The molecule has 0 atom stereocenters. The highest BCUT2D eigenvalue weighted by Crippen LogP contribution is 2.20. The fourth-order valence-corrected chi connectivity index (χ4v) is 3.00. The standard InChI is InChI=1S/C17H20N4O3S/c1-11(22)21-17-20-9-14(25-17)6-5-12-3-2-4-13(7-12)10-24-16(23)8-15(18)19/h2-4,7,9H,5-6,8,10H2,1H3,(H3,18,19)(H,20,21,22). The summed E-state index contributed by atoms with van der Waals surface area (Å²) in [4.78, 5) is 27.7. The number of hydrogen-bond acceptors (Lipinski definition) is 6. The topological polar surface area (TPSA) is 118 Å². The fourth-order valence-electron chi connectivity index (χ4n) is 2.14. The van der Waals surface area contributed by atoms with Crippen LogP contribution in [0.5, 0.6) is 0 Å². The molecule has 1 aromatic carbocycles. The third kappa shape index (κ3) is 6.72. The Hall–Kier alpha value is -2.74. The molecular weight excluding hydrogens is 340 g/mol. The van der Waals surface area contributed by atoms with Crippen LogP contribution in [0, 0.1) is 5.41 Å². The first-order chi connectivity index (χ1) is 11.9. The molecular formula is C17H20N4O3S. The minimum absolute atomic E-state index is 0.132. The molecule has 25 heavy (non-hydrogen) atoms. The predicted molar refractivity (Wildman–Crippen MR) is 96.6 cm³/mol. The van der Waals surface area contributed by atoms with E-state index in [2.05, 4.69) is 10.3 Å². The number of amides is 1. The minimum Gasteiger partial charge on any atom is -0.460 e. The number of thiazole rings is 1. The van der Waals surface area contributed by atoms with E-state index in [-0.39, 0.29) is 24.8 Å². The van der Waals surface area contributed by atoms with Gasteiger partial charge in [0.15, 0.2) is 5.13 Å². The van der Waals surface area contributed by atoms with E-state index in [1.165, 1.54) is 18.3 Å². The number of carbonyl (C=O) groups excluding carboxylic acids is 2. The van der Waals surface area contributed by atoms with E-state index in [0.29, 0.717) is 5.13 Å². The molecule has 8 heteroatoms. The average molecular weight is 360 g/mol. The summed E-state index contributed by atoms with van der Waals surface area (Å²) in [5.74, 6) is -0.845. The van der Waals surface area contributed by atoms with Crippen LogP contribution in [0.4, 0.5) is 5.13 Å². The SMILES string of the molecule is CC(=O)Nc1ncc(CCc2cccc(COC(=O)CC(=N)N)c2)s1. The van der Waals surface area contributed by atoms with Crippen molar-refractivity contribution >= 4 is 34.2 Å². The summed E-state index contributed by atoms with van der Waals surface area (Å²) in [5, 5.41) is 10.3. The largest absolute Gasteiger partial charge is 0.460 e. The molecule has 0 bridgehead atoms. The Morgan fingerprint density at radius 3 is 2.80 bits per heavy atom. The van der Waals surface area contributed by atoms with Crippen LogP contribution >= 0.6 is 11.3 Å². The van der Waals surface area contributed by atoms with Crippen molar-refractivity contribution in [1.29, 1.82) is 5.41 Å². The van der Waals surface area contributed by atoms with E-state index >= 15 is 0 Å². The minimum atomic E-state index is -0.506. The van der Waals surface area contributed by atoms with Gasteiger partial charge in [0.25, 0.3) is 0 Å². The summed E-state index contributed by atoms with van der Waals surface area (Å²) in [6, 6.07) is 7.79. The van der Waals surface area contributed by atoms with Crippen molar-refractivity contribution < 1.29 is 14.3 Å². The van der Waals surface area contributed by atoms with Gasteiger partial charge < -0.3 is 15.8 Å². The first-order valence-electron chi connectivity index (χ1n) is 7.71. The molecule has 2 rings (SSSR count). The number of nitrogens with two attached hydrogens (primary N) is 1. The third-order valence-corrected chi connectivity index (χ3v) is 4.20. The normalized spacial score (nSPS) is 10.3. The summed E-state index contributed by atoms with van der Waals surface area (Å²) >= 11 is 1.46. The van der Waals surface area contributed by atoms with E-state index in [4.69, 9.17) is 15.9 Å². The summed E-state index contributed by atoms with van der Waals surface area (Å²) < 4.78 is 5.09. The number of anilines is 1. The molecule has 0 aliphatic carbocycles. The van der Waals surface area contributed by atoms with Crippen molar-refractivity contribution in [3.05, 3.63) is 46.5 Å². The van der Waals surface area contributed by atoms with Gasteiger partial charge >= 0.3 is 5.97 Å². The Bertz CT molecular complexity index is 773. The highest BCUT2D eigenvalue weighted by Gasteiger charge is 2.07. The number of ether oxygens (including phenoxy) is 1. The van der Waals surface area contributed by atoms with Gasteiger partial charge in [0.05, 0.1) is 0 Å². The number of aromatic nitrogens is 1. The van der Waals surface area contributed by atoms with Crippen molar-refractivity contribution in [2.75, 3.05) is 5.32 Å². The Morgan fingerprint density at radius 1 is 1.32 bits per heavy atom. The Labute approximate surface area is 149 Å². The summed E-state index contributed by atoms with van der Waals surface area (Å²) in [5.41, 5.74) is 7.17. The van der Waals surface area contributed by atoms with Gasteiger partial charge in [-0.05, 0) is 24.0 Å². The molecule has 4 N–H and O–H groups in total. The van der Waals surface area contributed by atoms with E-state index in [1.807, 2.05) is 24.3 Å². The molecule has 0 spiro atoms. The highest BCUT2D eigenvalue weighted by molar-refractivity contribution is 7.15. The van der Waals surface area contributed by atoms with Crippen molar-refractivity contribution in [3.8, 4) is 0 Å². The summed E-state index contributed by atoms with van der Waals surface area (Å²) in [6.45, 7) is 1.61. The molecule has 132 valence electrons. The van der Waals surface area contributed by atoms with Crippen LogP contribution in [0.2, 0.25) is 0 Å². The van der Waals surface area contributed by atoms with E-state index in [1.54, 1.807) is 6.20 Å². The molecule has 2 aromatic rings. The van der Waals surface area contributed by atoms with Crippen LogP contribution in [-0.4, -0.2) is 22.7 Å². The van der Waals surface area contributed by atoms with Crippen LogP contribution in [0.3, 0.4) is 0 Å². The number of carbonyl (C=O) groups is 2. The van der Waals surface area contributed by atoms with E-state index < -0.39 is 5.97 Å². The number of nitrogens with one attached hydrogen (secondary N) is 2. The van der Waals surface area contributed by atoms with Gasteiger partial charge in [0.2, 0.25) is 5.91 Å². The monoisotopic (exact) mass is 360 g/mol. The van der Waals surface area contributed by atoms with Gasteiger partial charge in [0.1, 0.15) is 18.9 Å².